The first-order chi connectivity index (χ1) is 24.4. The summed E-state index contributed by atoms with van der Waals surface area (Å²) in [5.74, 6) is 0.875. The molecule has 11 nitrogen and oxygen atoms in total. The average Bonchev–Trinajstić information content (AvgIpc) is 3.08. The molecule has 1 N–H and O–H groups in total. The smallest absolute Gasteiger partial charge is 0.264 e. The first-order valence-corrected chi connectivity index (χ1v) is 19.3. The number of benzene rings is 2. The number of hydrogen-bond acceptors (Lipinski definition) is 9. The van der Waals surface area contributed by atoms with Crippen molar-refractivity contribution >= 4 is 21.9 Å². The highest BCUT2D eigenvalue weighted by Gasteiger charge is 2.45. The maximum atomic E-state index is 14.8. The molecular weight excluding hydrogens is 665 g/mol. The van der Waals surface area contributed by atoms with Crippen molar-refractivity contribution < 1.29 is 22.7 Å². The third-order valence-corrected chi connectivity index (χ3v) is 11.6. The number of nitrogens with one attached hydrogen (secondary N) is 1. The van der Waals surface area contributed by atoms with E-state index in [0.717, 1.165) is 61.2 Å². The fourth-order valence-corrected chi connectivity index (χ4v) is 8.62. The Morgan fingerprint density at radius 2 is 1.63 bits per heavy atom. The molecule has 2 aromatic carbocycles. The molecule has 1 saturated heterocycles. The highest BCUT2D eigenvalue weighted by atomic mass is 32.2. The van der Waals surface area contributed by atoms with Crippen LogP contribution in [0.3, 0.4) is 0 Å². The number of ether oxygens (including phenoxy) is 2. The van der Waals surface area contributed by atoms with Crippen LogP contribution in [0.15, 0.2) is 65.8 Å². The van der Waals surface area contributed by atoms with E-state index in [0.29, 0.717) is 23.9 Å². The van der Waals surface area contributed by atoms with Gasteiger partial charge in [0.25, 0.3) is 15.9 Å². The molecule has 0 spiro atoms. The van der Waals surface area contributed by atoms with E-state index >= 15 is 0 Å². The maximum Gasteiger partial charge on any atom is 0.264 e. The van der Waals surface area contributed by atoms with E-state index in [2.05, 4.69) is 35.5 Å². The predicted molar refractivity (Wildman–Crippen MR) is 194 cm³/mol. The number of carbonyl (C=O) groups excluding carboxylic acids is 1. The van der Waals surface area contributed by atoms with E-state index in [9.17, 15) is 13.2 Å². The Bertz CT molecular complexity index is 2000. The lowest BCUT2D eigenvalue weighted by Crippen LogP contribution is -2.56. The van der Waals surface area contributed by atoms with Gasteiger partial charge in [0.1, 0.15) is 12.4 Å². The number of hydrogen-bond donors (Lipinski definition) is 1. The molecule has 1 aliphatic carbocycles. The first kappa shape index (κ1) is 35.0. The van der Waals surface area contributed by atoms with Crippen LogP contribution < -0.4 is 9.46 Å². The largest absolute Gasteiger partial charge is 0.475 e. The minimum Gasteiger partial charge on any atom is -0.475 e. The molecule has 2 aromatic heterocycles. The minimum absolute atomic E-state index is 0.0549. The summed E-state index contributed by atoms with van der Waals surface area (Å²) < 4.78 is 42.2. The molecule has 0 radical (unpaired) electrons. The van der Waals surface area contributed by atoms with Crippen LogP contribution in [0.2, 0.25) is 0 Å². The summed E-state index contributed by atoms with van der Waals surface area (Å²) >= 11 is 0. The summed E-state index contributed by atoms with van der Waals surface area (Å²) in [6, 6.07) is 13.3. The zero-order valence-corrected chi connectivity index (χ0v) is 30.7. The van der Waals surface area contributed by atoms with Crippen molar-refractivity contribution in [2.45, 2.75) is 95.5 Å². The Morgan fingerprint density at radius 1 is 0.922 bits per heavy atom. The summed E-state index contributed by atoms with van der Waals surface area (Å²) in [5.41, 5.74) is 4.61. The third-order valence-electron chi connectivity index (χ3n) is 10.3. The van der Waals surface area contributed by atoms with Crippen molar-refractivity contribution in [3.8, 4) is 17.1 Å². The van der Waals surface area contributed by atoms with Gasteiger partial charge in [-0.3, -0.25) is 4.79 Å². The fraction of sp³-hybridized carbons (Fsp3) is 0.462. The molecule has 2 unspecified atom stereocenters. The van der Waals surface area contributed by atoms with Gasteiger partial charge in [0.2, 0.25) is 11.8 Å². The molecule has 4 heterocycles. The number of amides is 1. The lowest BCUT2D eigenvalue weighted by molar-refractivity contribution is 0.0156. The van der Waals surface area contributed by atoms with Gasteiger partial charge < -0.3 is 14.4 Å². The van der Waals surface area contributed by atoms with E-state index in [1.165, 1.54) is 12.1 Å². The number of carbonyl (C=O) groups is 1. The van der Waals surface area contributed by atoms with Gasteiger partial charge in [-0.25, -0.2) is 28.1 Å². The standard InChI is InChI=1S/C39H46N6O5S/c1-24-8-6-9-25(2)35(24)32-19-34-43-38(42-32)44-51(47,48)30-11-7-10-27(18-30)37(46)45(29(23-50-34)20-39(3,4)5)33-13-12-31(33)36-40-21-28(22-41-36)26-14-16-49-17-15-26/h6-11,18-19,21-22,26,29,31,33H,12-17,20,23H2,1-5H3,(H,42,43,44)/t29-,31?,33?/m1/s1. The molecule has 4 aromatic rings. The van der Waals surface area contributed by atoms with Gasteiger partial charge in [0.05, 0.1) is 16.6 Å². The van der Waals surface area contributed by atoms with Crippen LogP contribution in [-0.2, 0) is 14.8 Å². The zero-order valence-electron chi connectivity index (χ0n) is 29.9. The SMILES string of the molecule is Cc1cccc(C)c1-c1cc2nc(n1)NS(=O)(=O)c1cccc(c1)C(=O)N(C1CCC1c1ncc(C3CCOCC3)cn1)[C@H](CC(C)(C)C)CO2. The Kier molecular flexibility index (Phi) is 9.57. The van der Waals surface area contributed by atoms with E-state index in [1.807, 2.05) is 49.3 Å². The summed E-state index contributed by atoms with van der Waals surface area (Å²) in [6.45, 7) is 12.0. The highest BCUT2D eigenvalue weighted by Crippen LogP contribution is 2.42. The summed E-state index contributed by atoms with van der Waals surface area (Å²) in [5, 5.41) is 0. The van der Waals surface area contributed by atoms with Crippen LogP contribution >= 0.6 is 0 Å². The van der Waals surface area contributed by atoms with Crippen molar-refractivity contribution in [3.63, 3.8) is 0 Å². The number of aromatic nitrogens is 4. The molecule has 51 heavy (non-hydrogen) atoms. The topological polar surface area (TPSA) is 136 Å². The van der Waals surface area contributed by atoms with Gasteiger partial charge in [-0.05, 0) is 92.2 Å². The third kappa shape index (κ3) is 7.48. The lowest BCUT2D eigenvalue weighted by Gasteiger charge is -2.48. The molecule has 1 saturated carbocycles. The Balaban J connectivity index is 1.30. The normalized spacial score (nSPS) is 22.4. The molecule has 268 valence electrons. The zero-order chi connectivity index (χ0) is 35.9. The molecule has 12 heteroatoms. The Labute approximate surface area is 300 Å². The lowest BCUT2D eigenvalue weighted by atomic mass is 9.75. The summed E-state index contributed by atoms with van der Waals surface area (Å²) in [4.78, 5) is 35.5. The highest BCUT2D eigenvalue weighted by molar-refractivity contribution is 7.92. The van der Waals surface area contributed by atoms with Crippen molar-refractivity contribution in [1.82, 2.24) is 24.8 Å². The molecule has 2 fully saturated rings. The minimum atomic E-state index is -4.17. The number of fused-ring (bicyclic) bond motifs is 4. The van der Waals surface area contributed by atoms with Crippen molar-refractivity contribution in [2.24, 2.45) is 5.41 Å². The molecular formula is C39H46N6O5S. The number of rotatable bonds is 5. The molecule has 4 bridgehead atoms. The van der Waals surface area contributed by atoms with Gasteiger partial charge >= 0.3 is 0 Å². The van der Waals surface area contributed by atoms with Crippen LogP contribution in [0.1, 0.15) is 97.6 Å². The fourth-order valence-electron chi connectivity index (χ4n) is 7.63. The molecule has 1 amide bonds. The summed E-state index contributed by atoms with van der Waals surface area (Å²) in [6.07, 6.45) is 8.01. The second-order valence-corrected chi connectivity index (χ2v) is 17.0. The van der Waals surface area contributed by atoms with E-state index in [1.54, 1.807) is 18.2 Å². The van der Waals surface area contributed by atoms with Gasteiger partial charge in [-0.1, -0.05) is 45.0 Å². The second-order valence-electron chi connectivity index (χ2n) is 15.3. The van der Waals surface area contributed by atoms with E-state index in [-0.39, 0.29) is 58.2 Å². The molecule has 2 aliphatic heterocycles. The number of anilines is 1. The van der Waals surface area contributed by atoms with Crippen LogP contribution in [0.5, 0.6) is 5.88 Å². The van der Waals surface area contributed by atoms with Crippen molar-refractivity contribution in [2.75, 3.05) is 24.5 Å². The average molecular weight is 711 g/mol. The first-order valence-electron chi connectivity index (χ1n) is 17.8. The predicted octanol–water partition coefficient (Wildman–Crippen LogP) is 6.83. The Morgan fingerprint density at radius 3 is 2.29 bits per heavy atom. The molecule has 3 aliphatic rings. The number of aryl methyl sites for hydroxylation is 2. The monoisotopic (exact) mass is 710 g/mol. The van der Waals surface area contributed by atoms with E-state index in [4.69, 9.17) is 19.4 Å². The van der Waals surface area contributed by atoms with Gasteiger partial charge in [-0.15, -0.1) is 0 Å². The quantitative estimate of drug-likeness (QED) is 0.236. The van der Waals surface area contributed by atoms with Crippen LogP contribution in [-0.4, -0.2) is 71.1 Å². The van der Waals surface area contributed by atoms with Crippen molar-refractivity contribution in [3.05, 3.63) is 89.0 Å². The van der Waals surface area contributed by atoms with Crippen LogP contribution in [0, 0.1) is 19.3 Å². The molecule has 7 rings (SSSR count). The number of sulfonamides is 1. The van der Waals surface area contributed by atoms with E-state index < -0.39 is 10.0 Å². The maximum absolute atomic E-state index is 14.8. The van der Waals surface area contributed by atoms with Gasteiger partial charge in [-0.2, -0.15) is 4.98 Å². The van der Waals surface area contributed by atoms with Gasteiger partial charge in [0.15, 0.2) is 0 Å². The van der Waals surface area contributed by atoms with Crippen LogP contribution in [0.4, 0.5) is 5.95 Å². The second kappa shape index (κ2) is 14.0. The Hall–Kier alpha value is -4.42. The molecule has 3 atom stereocenters. The van der Waals surface area contributed by atoms with Gasteiger partial charge in [0, 0.05) is 54.8 Å². The number of nitrogens with zero attached hydrogens (tertiary/aromatic N) is 5. The van der Waals surface area contributed by atoms with Crippen molar-refractivity contribution in [1.29, 1.82) is 0 Å². The summed E-state index contributed by atoms with van der Waals surface area (Å²) in [7, 11) is -4.17. The van der Waals surface area contributed by atoms with Crippen LogP contribution in [0.25, 0.3) is 11.3 Å².